The highest BCUT2D eigenvalue weighted by molar-refractivity contribution is 6.30. The maximum absolute atomic E-state index is 12.0. The van der Waals surface area contributed by atoms with Gasteiger partial charge in [-0.3, -0.25) is 4.79 Å². The van der Waals surface area contributed by atoms with E-state index in [0.717, 1.165) is 17.7 Å². The maximum Gasteiger partial charge on any atom is 0.138 e. The van der Waals surface area contributed by atoms with E-state index in [2.05, 4.69) is 5.32 Å². The standard InChI is InChI=1S/C14H18ClNO2/c1-3-9(2)13(17)7-14(18)8-16-12-6-10(15)4-5-11(12)14/h4-6,9,16,18H,3,7-8H2,1-2H3. The molecule has 0 bridgehead atoms. The average Bonchev–Trinajstić information content (AvgIpc) is 2.65. The number of rotatable bonds is 4. The monoisotopic (exact) mass is 267 g/mol. The zero-order valence-corrected chi connectivity index (χ0v) is 11.4. The second-order valence-electron chi connectivity index (χ2n) is 5.03. The summed E-state index contributed by atoms with van der Waals surface area (Å²) in [6.07, 6.45) is 0.958. The first kappa shape index (κ1) is 13.4. The molecule has 1 aliphatic heterocycles. The first-order valence-corrected chi connectivity index (χ1v) is 6.63. The molecule has 0 saturated heterocycles. The summed E-state index contributed by atoms with van der Waals surface area (Å²) in [5.74, 6) is 0.0926. The summed E-state index contributed by atoms with van der Waals surface area (Å²) in [6, 6.07) is 5.32. The van der Waals surface area contributed by atoms with Crippen molar-refractivity contribution < 1.29 is 9.90 Å². The van der Waals surface area contributed by atoms with Crippen LogP contribution in [0, 0.1) is 5.92 Å². The molecular formula is C14H18ClNO2. The number of β-amino-alcohol motifs (C(OH)–C–C–N with tert-alkyl or cyclic N) is 1. The van der Waals surface area contributed by atoms with E-state index in [9.17, 15) is 9.90 Å². The quantitative estimate of drug-likeness (QED) is 0.882. The minimum atomic E-state index is -1.10. The number of ketones is 1. The Morgan fingerprint density at radius 2 is 2.33 bits per heavy atom. The number of carbonyl (C=O) groups is 1. The lowest BCUT2D eigenvalue weighted by Crippen LogP contribution is -2.32. The Hall–Kier alpha value is -1.06. The lowest BCUT2D eigenvalue weighted by Gasteiger charge is -2.23. The molecule has 2 unspecified atom stereocenters. The molecule has 4 heteroatoms. The lowest BCUT2D eigenvalue weighted by atomic mass is 9.86. The zero-order chi connectivity index (χ0) is 13.3. The van der Waals surface area contributed by atoms with E-state index < -0.39 is 5.60 Å². The molecule has 1 aromatic rings. The fourth-order valence-corrected chi connectivity index (χ4v) is 2.43. The Morgan fingerprint density at radius 3 is 3.00 bits per heavy atom. The molecular weight excluding hydrogens is 250 g/mol. The van der Waals surface area contributed by atoms with Gasteiger partial charge in [0.05, 0.1) is 0 Å². The SMILES string of the molecule is CCC(C)C(=O)CC1(O)CNc2cc(Cl)ccc21. The fraction of sp³-hybridized carbons (Fsp3) is 0.500. The Bertz CT molecular complexity index is 475. The molecule has 0 saturated carbocycles. The van der Waals surface area contributed by atoms with Gasteiger partial charge in [-0.05, 0) is 18.6 Å². The molecule has 2 N–H and O–H groups in total. The van der Waals surface area contributed by atoms with Gasteiger partial charge in [-0.15, -0.1) is 0 Å². The van der Waals surface area contributed by atoms with Gasteiger partial charge in [-0.1, -0.05) is 31.5 Å². The van der Waals surface area contributed by atoms with Gasteiger partial charge >= 0.3 is 0 Å². The summed E-state index contributed by atoms with van der Waals surface area (Å²) in [5.41, 5.74) is 0.492. The summed E-state index contributed by atoms with van der Waals surface area (Å²) in [7, 11) is 0. The third-order valence-corrected chi connectivity index (χ3v) is 3.92. The predicted molar refractivity (Wildman–Crippen MR) is 72.9 cm³/mol. The van der Waals surface area contributed by atoms with E-state index in [1.165, 1.54) is 0 Å². The van der Waals surface area contributed by atoms with E-state index in [-0.39, 0.29) is 18.1 Å². The number of fused-ring (bicyclic) bond motifs is 1. The van der Waals surface area contributed by atoms with Gasteiger partial charge in [0, 0.05) is 35.2 Å². The van der Waals surface area contributed by atoms with Crippen LogP contribution in [0.5, 0.6) is 0 Å². The van der Waals surface area contributed by atoms with Crippen molar-refractivity contribution in [3.8, 4) is 0 Å². The van der Waals surface area contributed by atoms with E-state index in [0.29, 0.717) is 11.6 Å². The van der Waals surface area contributed by atoms with Crippen molar-refractivity contribution in [3.05, 3.63) is 28.8 Å². The molecule has 0 aromatic heterocycles. The number of hydrogen-bond acceptors (Lipinski definition) is 3. The number of Topliss-reactive ketones (excluding diaryl/α,β-unsaturated/α-hetero) is 1. The molecule has 2 rings (SSSR count). The number of carbonyl (C=O) groups excluding carboxylic acids is 1. The van der Waals surface area contributed by atoms with Gasteiger partial charge in [0.25, 0.3) is 0 Å². The minimum Gasteiger partial charge on any atom is -0.383 e. The summed E-state index contributed by atoms with van der Waals surface area (Å²) >= 11 is 5.91. The number of hydrogen-bond donors (Lipinski definition) is 2. The van der Waals surface area contributed by atoms with Gasteiger partial charge in [-0.25, -0.2) is 0 Å². The second kappa shape index (κ2) is 4.90. The molecule has 1 aromatic carbocycles. The first-order valence-electron chi connectivity index (χ1n) is 6.25. The largest absolute Gasteiger partial charge is 0.383 e. The lowest BCUT2D eigenvalue weighted by molar-refractivity contribution is -0.127. The van der Waals surface area contributed by atoms with E-state index in [4.69, 9.17) is 11.6 Å². The van der Waals surface area contributed by atoms with Crippen LogP contribution >= 0.6 is 11.6 Å². The van der Waals surface area contributed by atoms with E-state index in [1.807, 2.05) is 13.8 Å². The van der Waals surface area contributed by atoms with Gasteiger partial charge < -0.3 is 10.4 Å². The number of aliphatic hydroxyl groups is 1. The fourth-order valence-electron chi connectivity index (χ4n) is 2.25. The Morgan fingerprint density at radius 1 is 1.61 bits per heavy atom. The van der Waals surface area contributed by atoms with Crippen LogP contribution in [0.25, 0.3) is 0 Å². The molecule has 18 heavy (non-hydrogen) atoms. The van der Waals surface area contributed by atoms with Crippen LogP contribution < -0.4 is 5.32 Å². The van der Waals surface area contributed by atoms with Crippen LogP contribution in [-0.2, 0) is 10.4 Å². The van der Waals surface area contributed by atoms with Gasteiger partial charge in [0.15, 0.2) is 0 Å². The van der Waals surface area contributed by atoms with Crippen LogP contribution in [0.4, 0.5) is 5.69 Å². The van der Waals surface area contributed by atoms with E-state index in [1.54, 1.807) is 18.2 Å². The van der Waals surface area contributed by atoms with Gasteiger partial charge in [0.2, 0.25) is 0 Å². The highest BCUT2D eigenvalue weighted by Gasteiger charge is 2.39. The van der Waals surface area contributed by atoms with Crippen molar-refractivity contribution >= 4 is 23.1 Å². The van der Waals surface area contributed by atoms with Crippen LogP contribution in [0.2, 0.25) is 5.02 Å². The van der Waals surface area contributed by atoms with Crippen LogP contribution in [-0.4, -0.2) is 17.4 Å². The molecule has 98 valence electrons. The highest BCUT2D eigenvalue weighted by Crippen LogP contribution is 2.39. The van der Waals surface area contributed by atoms with Crippen LogP contribution in [0.15, 0.2) is 18.2 Å². The van der Waals surface area contributed by atoms with Crippen LogP contribution in [0.1, 0.15) is 32.3 Å². The zero-order valence-electron chi connectivity index (χ0n) is 10.7. The third-order valence-electron chi connectivity index (χ3n) is 3.68. The second-order valence-corrected chi connectivity index (χ2v) is 5.46. The molecule has 2 atom stereocenters. The molecule has 1 heterocycles. The topological polar surface area (TPSA) is 49.3 Å². The minimum absolute atomic E-state index is 0.00891. The number of nitrogens with one attached hydrogen (secondary N) is 1. The van der Waals surface area contributed by atoms with Crippen molar-refractivity contribution in [1.29, 1.82) is 0 Å². The Labute approximate surface area is 112 Å². The number of benzene rings is 1. The maximum atomic E-state index is 12.0. The number of anilines is 1. The third kappa shape index (κ3) is 2.38. The summed E-state index contributed by atoms with van der Waals surface area (Å²) in [4.78, 5) is 12.0. The highest BCUT2D eigenvalue weighted by atomic mass is 35.5. The van der Waals surface area contributed by atoms with E-state index >= 15 is 0 Å². The summed E-state index contributed by atoms with van der Waals surface area (Å²) in [6.45, 7) is 4.24. The molecule has 1 aliphatic rings. The average molecular weight is 268 g/mol. The van der Waals surface area contributed by atoms with Crippen molar-refractivity contribution in [2.75, 3.05) is 11.9 Å². The van der Waals surface area contributed by atoms with Crippen molar-refractivity contribution in [2.24, 2.45) is 5.92 Å². The first-order chi connectivity index (χ1) is 8.46. The summed E-state index contributed by atoms with van der Waals surface area (Å²) < 4.78 is 0. The van der Waals surface area contributed by atoms with Gasteiger partial charge in [0.1, 0.15) is 11.4 Å². The smallest absolute Gasteiger partial charge is 0.138 e. The normalized spacial score (nSPS) is 23.3. The van der Waals surface area contributed by atoms with Crippen LogP contribution in [0.3, 0.4) is 0 Å². The van der Waals surface area contributed by atoms with Crippen molar-refractivity contribution in [2.45, 2.75) is 32.3 Å². The predicted octanol–water partition coefficient (Wildman–Crippen LogP) is 2.96. The molecule has 0 spiro atoms. The van der Waals surface area contributed by atoms with Crippen molar-refractivity contribution in [3.63, 3.8) is 0 Å². The Kier molecular flexibility index (Phi) is 3.64. The molecule has 0 fully saturated rings. The van der Waals surface area contributed by atoms with Crippen molar-refractivity contribution in [1.82, 2.24) is 0 Å². The molecule has 3 nitrogen and oxygen atoms in total. The molecule has 0 amide bonds. The number of halogens is 1. The molecule has 0 aliphatic carbocycles. The molecule has 0 radical (unpaired) electrons. The summed E-state index contributed by atoms with van der Waals surface area (Å²) in [5, 5.41) is 14.4. The van der Waals surface area contributed by atoms with Gasteiger partial charge in [-0.2, -0.15) is 0 Å². The Balaban J connectivity index is 2.23.